The minimum Gasteiger partial charge on any atom is -0.365 e. The Bertz CT molecular complexity index is 429. The van der Waals surface area contributed by atoms with Gasteiger partial charge in [0.2, 0.25) is 0 Å². The molecule has 1 aliphatic heterocycles. The quantitative estimate of drug-likeness (QED) is 0.813. The fourth-order valence-electron chi connectivity index (χ4n) is 2.93. The summed E-state index contributed by atoms with van der Waals surface area (Å²) in [7, 11) is 0. The molecule has 0 unspecified atom stereocenters. The molecular formula is C16H25ClN2. The van der Waals surface area contributed by atoms with Crippen LogP contribution in [0, 0.1) is 0 Å². The van der Waals surface area contributed by atoms with Gasteiger partial charge in [0.05, 0.1) is 10.7 Å². The molecule has 3 heteroatoms. The number of nitrogens with one attached hydrogen (secondary N) is 1. The second kappa shape index (κ2) is 6.15. The van der Waals surface area contributed by atoms with Crippen LogP contribution in [0.25, 0.3) is 0 Å². The molecule has 2 rings (SSSR count). The Hall–Kier alpha value is -0.730. The van der Waals surface area contributed by atoms with Gasteiger partial charge in [0.25, 0.3) is 0 Å². The first-order valence-corrected chi connectivity index (χ1v) is 7.70. The van der Waals surface area contributed by atoms with Crippen LogP contribution in [0.4, 0.5) is 5.69 Å². The molecule has 1 aromatic carbocycles. The summed E-state index contributed by atoms with van der Waals surface area (Å²) in [4.78, 5) is 2.48. The SMILES string of the molecule is CCCNCc1cccc(Cl)c1N1CCCC1(C)C. The van der Waals surface area contributed by atoms with E-state index in [0.29, 0.717) is 0 Å². The fourth-order valence-corrected chi connectivity index (χ4v) is 3.22. The molecule has 0 aromatic heterocycles. The van der Waals surface area contributed by atoms with Crippen LogP contribution in [0.3, 0.4) is 0 Å². The molecule has 2 nitrogen and oxygen atoms in total. The summed E-state index contributed by atoms with van der Waals surface area (Å²) >= 11 is 6.48. The zero-order chi connectivity index (χ0) is 13.9. The molecule has 0 saturated carbocycles. The number of hydrogen-bond acceptors (Lipinski definition) is 2. The summed E-state index contributed by atoms with van der Waals surface area (Å²) in [6.45, 7) is 9.87. The maximum Gasteiger partial charge on any atom is 0.0643 e. The number of anilines is 1. The highest BCUT2D eigenvalue weighted by Crippen LogP contribution is 2.39. The van der Waals surface area contributed by atoms with Crippen LogP contribution in [0.2, 0.25) is 5.02 Å². The van der Waals surface area contributed by atoms with Crippen LogP contribution in [0.5, 0.6) is 0 Å². The second-order valence-corrected chi connectivity index (χ2v) is 6.40. The van der Waals surface area contributed by atoms with E-state index in [1.54, 1.807) is 0 Å². The summed E-state index contributed by atoms with van der Waals surface area (Å²) in [6.07, 6.45) is 3.64. The second-order valence-electron chi connectivity index (χ2n) is 5.99. The van der Waals surface area contributed by atoms with Crippen LogP contribution >= 0.6 is 11.6 Å². The van der Waals surface area contributed by atoms with Crippen molar-refractivity contribution in [1.29, 1.82) is 0 Å². The summed E-state index contributed by atoms with van der Waals surface area (Å²) in [6, 6.07) is 6.25. The van der Waals surface area contributed by atoms with Gasteiger partial charge in [-0.2, -0.15) is 0 Å². The van der Waals surface area contributed by atoms with Gasteiger partial charge in [0, 0.05) is 18.6 Å². The van der Waals surface area contributed by atoms with E-state index in [1.165, 1.54) is 24.1 Å². The topological polar surface area (TPSA) is 15.3 Å². The van der Waals surface area contributed by atoms with Crippen molar-refractivity contribution >= 4 is 17.3 Å². The lowest BCUT2D eigenvalue weighted by Crippen LogP contribution is -2.39. The fraction of sp³-hybridized carbons (Fsp3) is 0.625. The number of nitrogens with zero attached hydrogens (tertiary/aromatic N) is 1. The maximum atomic E-state index is 6.48. The highest BCUT2D eigenvalue weighted by atomic mass is 35.5. The zero-order valence-corrected chi connectivity index (χ0v) is 13.1. The molecule has 0 bridgehead atoms. The van der Waals surface area contributed by atoms with Gasteiger partial charge in [-0.15, -0.1) is 0 Å². The van der Waals surface area contributed by atoms with E-state index >= 15 is 0 Å². The molecule has 1 heterocycles. The highest BCUT2D eigenvalue weighted by Gasteiger charge is 2.34. The standard InChI is InChI=1S/C16H25ClN2/c1-4-10-18-12-13-7-5-8-14(17)15(13)19-11-6-9-16(19,2)3/h5,7-8,18H,4,6,9-12H2,1-3H3. The zero-order valence-electron chi connectivity index (χ0n) is 12.3. The summed E-state index contributed by atoms with van der Waals surface area (Å²) in [5.41, 5.74) is 2.76. The molecule has 1 aromatic rings. The Morgan fingerprint density at radius 3 is 2.79 bits per heavy atom. The molecule has 0 amide bonds. The van der Waals surface area contributed by atoms with Crippen LogP contribution in [-0.4, -0.2) is 18.6 Å². The van der Waals surface area contributed by atoms with E-state index in [-0.39, 0.29) is 5.54 Å². The third-order valence-corrected chi connectivity index (χ3v) is 4.29. The molecule has 0 atom stereocenters. The lowest BCUT2D eigenvalue weighted by Gasteiger charge is -2.36. The highest BCUT2D eigenvalue weighted by molar-refractivity contribution is 6.33. The van der Waals surface area contributed by atoms with E-state index in [0.717, 1.165) is 31.1 Å². The number of rotatable bonds is 5. The molecule has 1 fully saturated rings. The van der Waals surface area contributed by atoms with Gasteiger partial charge in [0.1, 0.15) is 0 Å². The van der Waals surface area contributed by atoms with Crippen molar-refractivity contribution < 1.29 is 0 Å². The predicted molar refractivity (Wildman–Crippen MR) is 84.1 cm³/mol. The van der Waals surface area contributed by atoms with Crippen LogP contribution < -0.4 is 10.2 Å². The Morgan fingerprint density at radius 2 is 2.16 bits per heavy atom. The van der Waals surface area contributed by atoms with Crippen molar-refractivity contribution in [3.63, 3.8) is 0 Å². The maximum absolute atomic E-state index is 6.48. The number of halogens is 1. The lowest BCUT2D eigenvalue weighted by molar-refractivity contribution is 0.516. The van der Waals surface area contributed by atoms with Crippen molar-refractivity contribution in [1.82, 2.24) is 5.32 Å². The van der Waals surface area contributed by atoms with Gasteiger partial charge in [-0.05, 0) is 51.3 Å². The predicted octanol–water partition coefficient (Wildman–Crippen LogP) is 4.22. The van der Waals surface area contributed by atoms with Crippen LogP contribution in [0.15, 0.2) is 18.2 Å². The van der Waals surface area contributed by atoms with Crippen molar-refractivity contribution in [3.05, 3.63) is 28.8 Å². The minimum absolute atomic E-state index is 0.213. The van der Waals surface area contributed by atoms with E-state index < -0.39 is 0 Å². The molecule has 106 valence electrons. The summed E-state index contributed by atoms with van der Waals surface area (Å²) in [5.74, 6) is 0. The molecule has 1 aliphatic rings. The Labute approximate surface area is 122 Å². The number of para-hydroxylation sites is 1. The summed E-state index contributed by atoms with van der Waals surface area (Å²) < 4.78 is 0. The van der Waals surface area contributed by atoms with Crippen molar-refractivity contribution in [3.8, 4) is 0 Å². The third-order valence-electron chi connectivity index (χ3n) is 3.98. The van der Waals surface area contributed by atoms with E-state index in [4.69, 9.17) is 11.6 Å². The van der Waals surface area contributed by atoms with Crippen molar-refractivity contribution in [2.45, 2.75) is 52.1 Å². The lowest BCUT2D eigenvalue weighted by atomic mass is 10.0. The van der Waals surface area contributed by atoms with Crippen molar-refractivity contribution in [2.24, 2.45) is 0 Å². The number of benzene rings is 1. The Kier molecular flexibility index (Phi) is 4.75. The third kappa shape index (κ3) is 3.24. The molecule has 0 spiro atoms. The van der Waals surface area contributed by atoms with E-state index in [2.05, 4.69) is 43.1 Å². The largest absolute Gasteiger partial charge is 0.365 e. The Balaban J connectivity index is 2.27. The number of hydrogen-bond donors (Lipinski definition) is 1. The Morgan fingerprint density at radius 1 is 1.37 bits per heavy atom. The van der Waals surface area contributed by atoms with Gasteiger partial charge >= 0.3 is 0 Å². The molecule has 1 saturated heterocycles. The smallest absolute Gasteiger partial charge is 0.0643 e. The van der Waals surface area contributed by atoms with Crippen LogP contribution in [0.1, 0.15) is 45.6 Å². The monoisotopic (exact) mass is 280 g/mol. The van der Waals surface area contributed by atoms with Gasteiger partial charge in [-0.3, -0.25) is 0 Å². The van der Waals surface area contributed by atoms with E-state index in [1.807, 2.05) is 6.07 Å². The minimum atomic E-state index is 0.213. The first-order valence-electron chi connectivity index (χ1n) is 7.32. The van der Waals surface area contributed by atoms with Gasteiger partial charge in [-0.25, -0.2) is 0 Å². The van der Waals surface area contributed by atoms with Crippen molar-refractivity contribution in [2.75, 3.05) is 18.0 Å². The first-order chi connectivity index (χ1) is 9.06. The average molecular weight is 281 g/mol. The molecule has 0 aliphatic carbocycles. The first kappa shape index (κ1) is 14.7. The molecule has 1 N–H and O–H groups in total. The molecule has 0 radical (unpaired) electrons. The van der Waals surface area contributed by atoms with E-state index in [9.17, 15) is 0 Å². The van der Waals surface area contributed by atoms with Crippen LogP contribution in [-0.2, 0) is 6.54 Å². The van der Waals surface area contributed by atoms with Gasteiger partial charge in [-0.1, -0.05) is 30.7 Å². The van der Waals surface area contributed by atoms with Gasteiger partial charge < -0.3 is 10.2 Å². The van der Waals surface area contributed by atoms with Gasteiger partial charge in [0.15, 0.2) is 0 Å². The molecule has 19 heavy (non-hydrogen) atoms. The average Bonchev–Trinajstić information content (AvgIpc) is 2.69. The summed E-state index contributed by atoms with van der Waals surface area (Å²) in [5, 5.41) is 4.36. The normalized spacial score (nSPS) is 18.0. The molecular weight excluding hydrogens is 256 g/mol.